The van der Waals surface area contributed by atoms with E-state index in [4.69, 9.17) is 14.0 Å². The Morgan fingerprint density at radius 3 is 2.12 bits per heavy atom. The molecule has 0 radical (unpaired) electrons. The molecule has 0 N–H and O–H groups in total. The van der Waals surface area contributed by atoms with Gasteiger partial charge in [0.2, 0.25) is 0 Å². The second-order valence-corrected chi connectivity index (χ2v) is 14.3. The molecule has 0 spiro atoms. The molecule has 0 bridgehead atoms. The molecule has 2 atom stereocenters. The number of hydrogen-bond donors (Lipinski definition) is 0. The zero-order chi connectivity index (χ0) is 25.6. The first-order valence-corrected chi connectivity index (χ1v) is 13.4. The van der Waals surface area contributed by atoms with E-state index in [0.29, 0.717) is 23.8 Å². The van der Waals surface area contributed by atoms with Gasteiger partial charge in [0.05, 0.1) is 9.49 Å². The van der Waals surface area contributed by atoms with Crippen LogP contribution in [-0.4, -0.2) is 46.4 Å². The van der Waals surface area contributed by atoms with Crippen molar-refractivity contribution in [1.29, 1.82) is 0 Å². The molecule has 192 valence electrons. The highest BCUT2D eigenvalue weighted by atomic mass is 127. The standard InChI is InChI=1S/C26H41IN2O5/c1-24(2,3)12-15-10-16(11-15)21-19(27)20(28-34-21)17-13-29(23(31)33-26(7,8)9)14-18(17)22(30)32-25(4,5)6/h15-18H,10-14H2,1-9H3/t15-,16+,17-,18-/m0/s1. The van der Waals surface area contributed by atoms with Crippen LogP contribution in [0.15, 0.2) is 4.52 Å². The van der Waals surface area contributed by atoms with Crippen LogP contribution in [-0.2, 0) is 14.3 Å². The molecule has 8 heteroatoms. The van der Waals surface area contributed by atoms with Crippen molar-refractivity contribution in [1.82, 2.24) is 10.1 Å². The zero-order valence-corrected chi connectivity index (χ0v) is 24.3. The fraction of sp³-hybridized carbons (Fsp3) is 0.808. The Morgan fingerprint density at radius 1 is 1.00 bits per heavy atom. The highest BCUT2D eigenvalue weighted by molar-refractivity contribution is 14.1. The number of amides is 1. The van der Waals surface area contributed by atoms with Crippen molar-refractivity contribution in [2.75, 3.05) is 13.1 Å². The highest BCUT2D eigenvalue weighted by Crippen LogP contribution is 2.49. The normalized spacial score (nSPS) is 25.8. The fourth-order valence-corrected chi connectivity index (χ4v) is 5.98. The molecular formula is C26H41IN2O5. The molecule has 34 heavy (non-hydrogen) atoms. The summed E-state index contributed by atoms with van der Waals surface area (Å²) in [7, 11) is 0. The summed E-state index contributed by atoms with van der Waals surface area (Å²) in [6.07, 6.45) is 2.99. The quantitative estimate of drug-likeness (QED) is 0.295. The maximum Gasteiger partial charge on any atom is 0.410 e. The van der Waals surface area contributed by atoms with Crippen molar-refractivity contribution >= 4 is 34.7 Å². The first-order valence-electron chi connectivity index (χ1n) is 12.3. The van der Waals surface area contributed by atoms with E-state index in [2.05, 4.69) is 48.5 Å². The molecule has 1 aromatic heterocycles. The van der Waals surface area contributed by atoms with Gasteiger partial charge in [0.1, 0.15) is 16.9 Å². The van der Waals surface area contributed by atoms with Crippen LogP contribution in [0.5, 0.6) is 0 Å². The molecule has 3 rings (SSSR count). The third-order valence-corrected chi connectivity index (χ3v) is 7.31. The summed E-state index contributed by atoms with van der Waals surface area (Å²) in [5.41, 5.74) is -0.154. The average Bonchev–Trinajstić information content (AvgIpc) is 3.18. The van der Waals surface area contributed by atoms with Gasteiger partial charge in [-0.3, -0.25) is 4.79 Å². The van der Waals surface area contributed by atoms with E-state index >= 15 is 0 Å². The lowest BCUT2D eigenvalue weighted by Crippen LogP contribution is -2.36. The molecule has 0 unspecified atom stereocenters. The van der Waals surface area contributed by atoms with Gasteiger partial charge in [0.25, 0.3) is 0 Å². The minimum atomic E-state index is -0.614. The number of esters is 1. The Bertz CT molecular complexity index is 900. The number of rotatable bonds is 4. The van der Waals surface area contributed by atoms with Gasteiger partial charge in [0, 0.05) is 24.9 Å². The van der Waals surface area contributed by atoms with Gasteiger partial charge in [-0.15, -0.1) is 0 Å². The maximum absolute atomic E-state index is 13.1. The van der Waals surface area contributed by atoms with Crippen LogP contribution in [0.25, 0.3) is 0 Å². The third-order valence-electron chi connectivity index (χ3n) is 6.22. The molecule has 0 aromatic carbocycles. The van der Waals surface area contributed by atoms with Crippen molar-refractivity contribution in [2.45, 2.75) is 105 Å². The van der Waals surface area contributed by atoms with Gasteiger partial charge in [-0.25, -0.2) is 4.79 Å². The summed E-state index contributed by atoms with van der Waals surface area (Å²) in [5.74, 6) is 0.851. The predicted octanol–water partition coefficient (Wildman–Crippen LogP) is 6.50. The van der Waals surface area contributed by atoms with Gasteiger partial charge in [-0.2, -0.15) is 0 Å². The van der Waals surface area contributed by atoms with E-state index in [1.54, 1.807) is 4.90 Å². The van der Waals surface area contributed by atoms with Crippen LogP contribution in [0.2, 0.25) is 0 Å². The van der Waals surface area contributed by atoms with E-state index in [-0.39, 0.29) is 18.4 Å². The topological polar surface area (TPSA) is 81.9 Å². The molecule has 2 heterocycles. The number of likely N-dealkylation sites (tertiary alicyclic amines) is 1. The van der Waals surface area contributed by atoms with Crippen molar-refractivity contribution in [3.8, 4) is 0 Å². The number of carbonyl (C=O) groups is 2. The Hall–Kier alpha value is -1.32. The van der Waals surface area contributed by atoms with E-state index in [1.165, 1.54) is 6.42 Å². The molecule has 1 aliphatic carbocycles. The van der Waals surface area contributed by atoms with Gasteiger partial charge < -0.3 is 18.9 Å². The van der Waals surface area contributed by atoms with Crippen LogP contribution in [0.1, 0.15) is 105 Å². The zero-order valence-electron chi connectivity index (χ0n) is 22.2. The number of ether oxygens (including phenoxy) is 2. The van der Waals surface area contributed by atoms with Gasteiger partial charge >= 0.3 is 12.1 Å². The largest absolute Gasteiger partial charge is 0.460 e. The minimum Gasteiger partial charge on any atom is -0.460 e. The predicted molar refractivity (Wildman–Crippen MR) is 139 cm³/mol. The Balaban J connectivity index is 1.79. The molecule has 7 nitrogen and oxygen atoms in total. The summed E-state index contributed by atoms with van der Waals surface area (Å²) in [6, 6.07) is 0. The van der Waals surface area contributed by atoms with Crippen LogP contribution >= 0.6 is 22.6 Å². The van der Waals surface area contributed by atoms with Crippen LogP contribution in [0, 0.1) is 20.8 Å². The summed E-state index contributed by atoms with van der Waals surface area (Å²) in [6.45, 7) is 18.5. The average molecular weight is 589 g/mol. The number of aromatic nitrogens is 1. The molecular weight excluding hydrogens is 547 g/mol. The smallest absolute Gasteiger partial charge is 0.410 e. The van der Waals surface area contributed by atoms with E-state index in [0.717, 1.165) is 27.9 Å². The van der Waals surface area contributed by atoms with Crippen molar-refractivity contribution in [2.24, 2.45) is 17.3 Å². The lowest BCUT2D eigenvalue weighted by molar-refractivity contribution is -0.159. The van der Waals surface area contributed by atoms with Crippen molar-refractivity contribution < 1.29 is 23.6 Å². The molecule has 1 amide bonds. The summed E-state index contributed by atoms with van der Waals surface area (Å²) in [4.78, 5) is 27.5. The Morgan fingerprint density at radius 2 is 1.59 bits per heavy atom. The molecule has 1 aromatic rings. The number of hydrogen-bond acceptors (Lipinski definition) is 6. The molecule has 2 fully saturated rings. The lowest BCUT2D eigenvalue weighted by Gasteiger charge is -2.37. The molecule has 2 aliphatic rings. The Kier molecular flexibility index (Phi) is 7.71. The monoisotopic (exact) mass is 588 g/mol. The van der Waals surface area contributed by atoms with Crippen molar-refractivity contribution in [3.63, 3.8) is 0 Å². The van der Waals surface area contributed by atoms with Crippen LogP contribution in [0.4, 0.5) is 4.79 Å². The van der Waals surface area contributed by atoms with E-state index in [1.807, 2.05) is 41.5 Å². The highest BCUT2D eigenvalue weighted by Gasteiger charge is 2.47. The molecule has 1 saturated carbocycles. The SMILES string of the molecule is CC(C)(C)C[C@H]1C[C@@H](c2onc([C@H]3CN(C(=O)OC(C)(C)C)C[C@@H]3C(=O)OC(C)(C)C)c2I)C1. The summed E-state index contributed by atoms with van der Waals surface area (Å²) >= 11 is 2.30. The fourth-order valence-electron chi connectivity index (χ4n) is 4.94. The van der Waals surface area contributed by atoms with Gasteiger partial charge in [-0.05, 0) is 94.7 Å². The van der Waals surface area contributed by atoms with Crippen LogP contribution < -0.4 is 0 Å². The number of nitrogens with zero attached hydrogens (tertiary/aromatic N) is 2. The second kappa shape index (κ2) is 9.62. The first kappa shape index (κ1) is 27.3. The lowest BCUT2D eigenvalue weighted by atomic mass is 9.67. The van der Waals surface area contributed by atoms with Crippen LogP contribution in [0.3, 0.4) is 0 Å². The maximum atomic E-state index is 13.1. The van der Waals surface area contributed by atoms with Crippen molar-refractivity contribution in [3.05, 3.63) is 15.0 Å². The Labute approximate surface area is 217 Å². The summed E-state index contributed by atoms with van der Waals surface area (Å²) < 4.78 is 18.1. The van der Waals surface area contributed by atoms with Gasteiger partial charge in [0.15, 0.2) is 5.76 Å². The first-order chi connectivity index (χ1) is 15.4. The number of halogens is 1. The van der Waals surface area contributed by atoms with E-state index in [9.17, 15) is 9.59 Å². The van der Waals surface area contributed by atoms with Gasteiger partial charge in [-0.1, -0.05) is 25.9 Å². The minimum absolute atomic E-state index is 0.240. The molecule has 1 saturated heterocycles. The second-order valence-electron chi connectivity index (χ2n) is 13.2. The van der Waals surface area contributed by atoms with E-state index < -0.39 is 23.2 Å². The summed E-state index contributed by atoms with van der Waals surface area (Å²) in [5, 5.41) is 4.43. The molecule has 1 aliphatic heterocycles. The third kappa shape index (κ3) is 6.88. The number of carbonyl (C=O) groups excluding carboxylic acids is 2.